The molecule has 0 aliphatic carbocycles. The lowest BCUT2D eigenvalue weighted by Crippen LogP contribution is -2.03. The number of phenolic OH excluding ortho intramolecular Hbond substituents is 1. The van der Waals surface area contributed by atoms with Crippen LogP contribution in [0.1, 0.15) is 11.1 Å². The molecule has 0 aliphatic rings. The number of azo groups is 1. The Morgan fingerprint density at radius 2 is 2.14 bits per heavy atom. The number of rotatable bonds is 4. The summed E-state index contributed by atoms with van der Waals surface area (Å²) in [6, 6.07) is 5.64. The van der Waals surface area contributed by atoms with Crippen LogP contribution in [0.4, 0.5) is 11.5 Å². The first-order valence-corrected chi connectivity index (χ1v) is 6.01. The quantitative estimate of drug-likeness (QED) is 0.522. The van der Waals surface area contributed by atoms with Crippen LogP contribution >= 0.6 is 0 Å². The van der Waals surface area contributed by atoms with E-state index in [0.717, 1.165) is 0 Å². The van der Waals surface area contributed by atoms with Crippen molar-refractivity contribution in [2.75, 3.05) is 0 Å². The second kappa shape index (κ2) is 5.95. The maximum Gasteiger partial charge on any atom is 0.425 e. The highest BCUT2D eigenvalue weighted by molar-refractivity contribution is 5.47. The summed E-state index contributed by atoms with van der Waals surface area (Å²) in [5.74, 6) is -0.390. The van der Waals surface area contributed by atoms with Gasteiger partial charge in [0.25, 0.3) is 0 Å². The molecule has 0 bridgehead atoms. The topological polar surface area (TPSA) is 125 Å². The highest BCUT2D eigenvalue weighted by Crippen LogP contribution is 2.28. The lowest BCUT2D eigenvalue weighted by Gasteiger charge is -2.15. The van der Waals surface area contributed by atoms with Crippen molar-refractivity contribution in [2.24, 2.45) is 10.2 Å². The highest BCUT2D eigenvalue weighted by Gasteiger charge is 2.20. The Morgan fingerprint density at radius 3 is 2.86 bits per heavy atom. The van der Waals surface area contributed by atoms with Crippen LogP contribution in [0.25, 0.3) is 0 Å². The zero-order chi connectivity index (χ0) is 15.4. The lowest BCUT2D eigenvalue weighted by molar-refractivity contribution is -0.411. The fourth-order valence-electron chi connectivity index (χ4n) is 1.69. The van der Waals surface area contributed by atoms with Crippen LogP contribution in [0, 0.1) is 17.0 Å². The first kappa shape index (κ1) is 14.4. The molecule has 0 fully saturated rings. The van der Waals surface area contributed by atoms with Crippen molar-refractivity contribution in [2.45, 2.75) is 13.5 Å². The molecule has 1 heterocycles. The number of nitrogens with zero attached hydrogens (tertiary/aromatic N) is 3. The van der Waals surface area contributed by atoms with Crippen molar-refractivity contribution < 1.29 is 20.1 Å². The average Bonchev–Trinajstić information content (AvgIpc) is 2.47. The maximum atomic E-state index is 11.8. The van der Waals surface area contributed by atoms with Gasteiger partial charge in [-0.25, -0.2) is 4.98 Å². The van der Waals surface area contributed by atoms with Crippen molar-refractivity contribution in [3.8, 4) is 11.5 Å². The van der Waals surface area contributed by atoms with Gasteiger partial charge in [0.05, 0.1) is 16.2 Å². The van der Waals surface area contributed by atoms with Gasteiger partial charge in [-0.1, -0.05) is 16.9 Å². The summed E-state index contributed by atoms with van der Waals surface area (Å²) < 4.78 is 0. The lowest BCUT2D eigenvalue weighted by atomic mass is 10.1. The van der Waals surface area contributed by atoms with Crippen molar-refractivity contribution in [1.82, 2.24) is 0 Å². The number of nitrogens with one attached hydrogen (secondary N) is 1. The summed E-state index contributed by atoms with van der Waals surface area (Å²) in [5, 5.41) is 39.6. The third-order valence-corrected chi connectivity index (χ3v) is 2.88. The number of phenols is 1. The monoisotopic (exact) mass is 288 g/mol. The van der Waals surface area contributed by atoms with Crippen LogP contribution in [0.15, 0.2) is 40.7 Å². The van der Waals surface area contributed by atoms with Crippen LogP contribution in [-0.2, 0) is 6.54 Å². The van der Waals surface area contributed by atoms with Gasteiger partial charge in [-0.05, 0) is 30.2 Å². The molecular formula is C13H12N4O4. The van der Waals surface area contributed by atoms with Gasteiger partial charge in [0.2, 0.25) is 0 Å². The van der Waals surface area contributed by atoms with Gasteiger partial charge in [0, 0.05) is 6.07 Å². The Hall–Kier alpha value is -3.03. The molecule has 108 valence electrons. The molecule has 0 aliphatic heterocycles. The molecule has 0 radical (unpaired) electrons. The Bertz CT molecular complexity index is 715. The molecule has 2 N–H and O–H groups in total. The molecular weight excluding hydrogens is 276 g/mol. The maximum absolute atomic E-state index is 11.8. The van der Waals surface area contributed by atoms with Crippen LogP contribution in [0.5, 0.6) is 11.5 Å². The summed E-state index contributed by atoms with van der Waals surface area (Å²) >= 11 is 0. The van der Waals surface area contributed by atoms with E-state index in [4.69, 9.17) is 0 Å². The minimum absolute atomic E-state index is 0.00505. The second-order valence-electron chi connectivity index (χ2n) is 4.26. The predicted molar refractivity (Wildman–Crippen MR) is 70.2 cm³/mol. The van der Waals surface area contributed by atoms with E-state index < -0.39 is 4.92 Å². The van der Waals surface area contributed by atoms with E-state index in [1.165, 1.54) is 37.4 Å². The van der Waals surface area contributed by atoms with Crippen molar-refractivity contribution in [3.63, 3.8) is 0 Å². The summed E-state index contributed by atoms with van der Waals surface area (Å²) in [5.41, 5.74) is 0.387. The fraction of sp³-hybridized carbons (Fsp3) is 0.154. The number of aromatic amines is 1. The third kappa shape index (κ3) is 3.11. The molecule has 0 amide bonds. The molecule has 0 spiro atoms. The van der Waals surface area contributed by atoms with Gasteiger partial charge in [0.15, 0.2) is 0 Å². The Balaban J connectivity index is 2.21. The molecule has 0 saturated heterocycles. The van der Waals surface area contributed by atoms with E-state index >= 15 is 0 Å². The fourth-order valence-corrected chi connectivity index (χ4v) is 1.69. The molecule has 1 aromatic heterocycles. The molecule has 2 aromatic rings. The largest absolute Gasteiger partial charge is 0.872 e. The number of aromatic hydroxyl groups is 1. The van der Waals surface area contributed by atoms with Crippen LogP contribution in [-0.4, -0.2) is 10.0 Å². The molecule has 0 unspecified atom stereocenters. The number of H-pyrrole nitrogens is 1. The van der Waals surface area contributed by atoms with Gasteiger partial charge in [0.1, 0.15) is 12.3 Å². The number of hydrogen-bond acceptors (Lipinski definition) is 6. The minimum Gasteiger partial charge on any atom is -0.872 e. The normalized spacial score (nSPS) is 10.9. The van der Waals surface area contributed by atoms with Crippen LogP contribution in [0.3, 0.4) is 0 Å². The number of nitro groups is 1. The molecule has 2 rings (SSSR count). The third-order valence-electron chi connectivity index (χ3n) is 2.88. The highest BCUT2D eigenvalue weighted by atomic mass is 16.6. The van der Waals surface area contributed by atoms with Gasteiger partial charge in [-0.15, -0.1) is 0 Å². The minimum atomic E-state index is -0.575. The molecule has 1 aromatic carbocycles. The van der Waals surface area contributed by atoms with E-state index in [1.54, 1.807) is 0 Å². The van der Waals surface area contributed by atoms with E-state index in [0.29, 0.717) is 5.56 Å². The van der Waals surface area contributed by atoms with Crippen LogP contribution < -0.4 is 10.1 Å². The number of hydrogen-bond donors (Lipinski definition) is 1. The van der Waals surface area contributed by atoms with E-state index in [2.05, 4.69) is 15.2 Å². The van der Waals surface area contributed by atoms with E-state index in [9.17, 15) is 20.3 Å². The molecule has 0 saturated carbocycles. The van der Waals surface area contributed by atoms with Gasteiger partial charge < -0.3 is 10.2 Å². The SMILES string of the molecule is Cc1c(O)ccc(CN=Nc2[nH+]cccc2[N+](=O)[O-])c1[O-]. The van der Waals surface area contributed by atoms with Crippen molar-refractivity contribution >= 4 is 11.5 Å². The zero-order valence-corrected chi connectivity index (χ0v) is 11.1. The van der Waals surface area contributed by atoms with E-state index in [1.807, 2.05) is 0 Å². The van der Waals surface area contributed by atoms with Crippen molar-refractivity contribution in [1.29, 1.82) is 0 Å². The first-order valence-electron chi connectivity index (χ1n) is 6.01. The molecule has 8 nitrogen and oxygen atoms in total. The van der Waals surface area contributed by atoms with E-state index in [-0.39, 0.29) is 35.1 Å². The summed E-state index contributed by atoms with van der Waals surface area (Å²) in [7, 11) is 0. The summed E-state index contributed by atoms with van der Waals surface area (Å²) in [4.78, 5) is 12.8. The second-order valence-corrected chi connectivity index (χ2v) is 4.26. The molecule has 0 atom stereocenters. The standard InChI is InChI=1S/C13H12N4O4/c1-8-11(18)5-4-9(12(8)19)7-15-16-13-10(17(20)21)3-2-6-14-13/h2-6,18-19H,7H2,1H3. The average molecular weight is 288 g/mol. The zero-order valence-electron chi connectivity index (χ0n) is 11.1. The number of aromatic nitrogens is 1. The summed E-state index contributed by atoms with van der Waals surface area (Å²) in [6.07, 6.45) is 1.49. The van der Waals surface area contributed by atoms with Crippen LogP contribution in [0.2, 0.25) is 0 Å². The number of benzene rings is 1. The Kier molecular flexibility index (Phi) is 4.07. The van der Waals surface area contributed by atoms with Gasteiger partial charge >= 0.3 is 11.5 Å². The summed E-state index contributed by atoms with van der Waals surface area (Å²) in [6.45, 7) is 1.48. The molecule has 8 heteroatoms. The predicted octanol–water partition coefficient (Wildman–Crippen LogP) is 1.78. The first-order chi connectivity index (χ1) is 10.0. The number of pyridine rings is 1. The Morgan fingerprint density at radius 1 is 1.38 bits per heavy atom. The van der Waals surface area contributed by atoms with Gasteiger partial charge in [-0.2, -0.15) is 0 Å². The molecule has 21 heavy (non-hydrogen) atoms. The van der Waals surface area contributed by atoms with Crippen molar-refractivity contribution in [3.05, 3.63) is 51.7 Å². The Labute approximate surface area is 119 Å². The van der Waals surface area contributed by atoms with Gasteiger partial charge in [-0.3, -0.25) is 10.1 Å². The smallest absolute Gasteiger partial charge is 0.425 e.